The van der Waals surface area contributed by atoms with Gasteiger partial charge in [0.25, 0.3) is 0 Å². The maximum atomic E-state index is 9.70. The summed E-state index contributed by atoms with van der Waals surface area (Å²) in [5.41, 5.74) is 0. The zero-order chi connectivity index (χ0) is 10.2. The first-order valence-electron chi connectivity index (χ1n) is 4.68. The summed E-state index contributed by atoms with van der Waals surface area (Å²) in [4.78, 5) is 9.70. The Bertz CT molecular complexity index is 240. The molecule has 0 bridgehead atoms. The minimum absolute atomic E-state index is 0.566. The van der Waals surface area contributed by atoms with E-state index in [1.54, 1.807) is 7.11 Å². The average Bonchev–Trinajstić information content (AvgIpc) is 2.25. The Kier molecular flexibility index (Phi) is 5.47. The zero-order valence-electron chi connectivity index (χ0n) is 8.35. The molecule has 4 heteroatoms. The fourth-order valence-corrected chi connectivity index (χ4v) is 2.25. The lowest BCUT2D eigenvalue weighted by atomic mass is 10.4. The fourth-order valence-electron chi connectivity index (χ4n) is 1.11. The molecule has 0 amide bonds. The predicted octanol–water partition coefficient (Wildman–Crippen LogP) is 0.159. The zero-order valence-corrected chi connectivity index (χ0v) is 9.50. The highest BCUT2D eigenvalue weighted by Crippen LogP contribution is 1.90. The van der Waals surface area contributed by atoms with Gasteiger partial charge in [0.2, 0.25) is 0 Å². The van der Waals surface area contributed by atoms with Gasteiger partial charge in [-0.15, -0.1) is 0 Å². The molecule has 0 fully saturated rings. The van der Waals surface area contributed by atoms with Gasteiger partial charge in [0.15, 0.2) is 0 Å². The Morgan fingerprint density at radius 2 is 1.93 bits per heavy atom. The summed E-state index contributed by atoms with van der Waals surface area (Å²) < 4.78 is 10.2. The van der Waals surface area contributed by atoms with Gasteiger partial charge in [-0.25, -0.2) is 0 Å². The van der Waals surface area contributed by atoms with Gasteiger partial charge < -0.3 is 14.0 Å². The van der Waals surface area contributed by atoms with Crippen molar-refractivity contribution in [2.75, 3.05) is 20.3 Å². The van der Waals surface area contributed by atoms with Gasteiger partial charge in [0.05, 0.1) is 0 Å². The van der Waals surface area contributed by atoms with E-state index in [4.69, 9.17) is 9.16 Å². The van der Waals surface area contributed by atoms with Crippen molar-refractivity contribution in [3.05, 3.63) is 30.3 Å². The van der Waals surface area contributed by atoms with Gasteiger partial charge in [-0.3, -0.25) is 0 Å². The highest BCUT2D eigenvalue weighted by atomic mass is 28.3. The Labute approximate surface area is 86.1 Å². The maximum absolute atomic E-state index is 9.70. The molecule has 0 aromatic heterocycles. The standard InChI is InChI=1S/C10H16O3Si/c1-12-8-5-9-13-14(11)10-6-3-2-4-7-10/h2-4,6-7,11,14H,5,8-9H2,1H3. The molecule has 1 N–H and O–H groups in total. The first-order valence-corrected chi connectivity index (χ1v) is 6.24. The van der Waals surface area contributed by atoms with Crippen LogP contribution in [0.3, 0.4) is 0 Å². The van der Waals surface area contributed by atoms with E-state index in [1.807, 2.05) is 30.3 Å². The molecule has 0 radical (unpaired) electrons. The second-order valence-corrected chi connectivity index (χ2v) is 4.68. The number of methoxy groups -OCH3 is 1. The topological polar surface area (TPSA) is 38.7 Å². The molecule has 1 aromatic rings. The van der Waals surface area contributed by atoms with Crippen molar-refractivity contribution in [1.29, 1.82) is 0 Å². The van der Waals surface area contributed by atoms with Crippen LogP contribution in [0.1, 0.15) is 6.42 Å². The average molecular weight is 212 g/mol. The smallest absolute Gasteiger partial charge is 0.353 e. The summed E-state index contributed by atoms with van der Waals surface area (Å²) in [6.45, 7) is 1.24. The third kappa shape index (κ3) is 4.02. The van der Waals surface area contributed by atoms with Crippen molar-refractivity contribution in [1.82, 2.24) is 0 Å². The molecule has 1 aromatic carbocycles. The van der Waals surface area contributed by atoms with Crippen LogP contribution in [0.25, 0.3) is 0 Å². The van der Waals surface area contributed by atoms with Gasteiger partial charge in [0.1, 0.15) is 0 Å². The molecule has 78 valence electrons. The molecule has 0 saturated heterocycles. The van der Waals surface area contributed by atoms with E-state index >= 15 is 0 Å². The minimum Gasteiger partial charge on any atom is -0.410 e. The molecule has 0 aliphatic rings. The predicted molar refractivity (Wildman–Crippen MR) is 57.9 cm³/mol. The molecule has 3 nitrogen and oxygen atoms in total. The van der Waals surface area contributed by atoms with E-state index in [-0.39, 0.29) is 0 Å². The summed E-state index contributed by atoms with van der Waals surface area (Å²) in [5.74, 6) is 0. The summed E-state index contributed by atoms with van der Waals surface area (Å²) in [7, 11) is -0.501. The summed E-state index contributed by atoms with van der Waals surface area (Å²) in [6, 6.07) is 9.53. The van der Waals surface area contributed by atoms with E-state index < -0.39 is 9.28 Å². The maximum Gasteiger partial charge on any atom is 0.353 e. The fraction of sp³-hybridized carbons (Fsp3) is 0.400. The third-order valence-corrected chi connectivity index (χ3v) is 3.36. The monoisotopic (exact) mass is 212 g/mol. The van der Waals surface area contributed by atoms with Gasteiger partial charge in [-0.1, -0.05) is 30.3 Å². The van der Waals surface area contributed by atoms with Gasteiger partial charge in [0, 0.05) is 20.3 Å². The number of hydrogen-bond acceptors (Lipinski definition) is 3. The molecule has 1 unspecified atom stereocenters. The first-order chi connectivity index (χ1) is 6.84. The van der Waals surface area contributed by atoms with Crippen LogP contribution >= 0.6 is 0 Å². The number of benzene rings is 1. The third-order valence-electron chi connectivity index (χ3n) is 1.85. The van der Waals surface area contributed by atoms with E-state index in [2.05, 4.69) is 0 Å². The SMILES string of the molecule is COCCCO[SiH](O)c1ccccc1. The van der Waals surface area contributed by atoms with Gasteiger partial charge in [-0.05, 0) is 11.6 Å². The molecule has 1 rings (SSSR count). The van der Waals surface area contributed by atoms with E-state index in [0.29, 0.717) is 13.2 Å². The number of hydrogen-bond donors (Lipinski definition) is 1. The normalized spacial score (nSPS) is 12.7. The molecule has 0 heterocycles. The molecular formula is C10H16O3Si. The lowest BCUT2D eigenvalue weighted by molar-refractivity contribution is 0.165. The van der Waals surface area contributed by atoms with E-state index in [9.17, 15) is 4.80 Å². The van der Waals surface area contributed by atoms with Crippen molar-refractivity contribution < 1.29 is 14.0 Å². The second-order valence-electron chi connectivity index (χ2n) is 2.98. The second kappa shape index (κ2) is 6.72. The van der Waals surface area contributed by atoms with Crippen LogP contribution in [0, 0.1) is 0 Å². The van der Waals surface area contributed by atoms with Crippen molar-refractivity contribution >= 4 is 14.5 Å². The Hall–Kier alpha value is -0.683. The van der Waals surface area contributed by atoms with Crippen LogP contribution in [0.2, 0.25) is 0 Å². The summed E-state index contributed by atoms with van der Waals surface area (Å²) in [6.07, 6.45) is 0.827. The molecule has 0 aliphatic carbocycles. The Morgan fingerprint density at radius 1 is 1.21 bits per heavy atom. The molecule has 1 atom stereocenters. The van der Waals surface area contributed by atoms with Crippen LogP contribution in [0.15, 0.2) is 30.3 Å². The van der Waals surface area contributed by atoms with Crippen LogP contribution < -0.4 is 5.19 Å². The molecular weight excluding hydrogens is 196 g/mol. The first kappa shape index (κ1) is 11.4. The largest absolute Gasteiger partial charge is 0.410 e. The summed E-state index contributed by atoms with van der Waals surface area (Å²) >= 11 is 0. The molecule has 14 heavy (non-hydrogen) atoms. The van der Waals surface area contributed by atoms with Crippen molar-refractivity contribution in [2.24, 2.45) is 0 Å². The van der Waals surface area contributed by atoms with Crippen molar-refractivity contribution in [3.63, 3.8) is 0 Å². The highest BCUT2D eigenvalue weighted by molar-refractivity contribution is 6.59. The highest BCUT2D eigenvalue weighted by Gasteiger charge is 2.09. The van der Waals surface area contributed by atoms with Crippen molar-refractivity contribution in [3.8, 4) is 0 Å². The van der Waals surface area contributed by atoms with E-state index in [0.717, 1.165) is 11.6 Å². The Morgan fingerprint density at radius 3 is 2.57 bits per heavy atom. The molecule has 0 aliphatic heterocycles. The number of ether oxygens (including phenoxy) is 1. The minimum atomic E-state index is -2.16. The van der Waals surface area contributed by atoms with Gasteiger partial charge >= 0.3 is 9.28 Å². The Balaban J connectivity index is 2.25. The quantitative estimate of drug-likeness (QED) is 0.539. The van der Waals surface area contributed by atoms with Crippen molar-refractivity contribution in [2.45, 2.75) is 6.42 Å². The van der Waals surface area contributed by atoms with Crippen LogP contribution in [0.4, 0.5) is 0 Å². The lowest BCUT2D eigenvalue weighted by Gasteiger charge is -2.09. The number of rotatable bonds is 6. The van der Waals surface area contributed by atoms with Gasteiger partial charge in [-0.2, -0.15) is 0 Å². The summed E-state index contributed by atoms with van der Waals surface area (Å²) in [5, 5.41) is 0.921. The van der Waals surface area contributed by atoms with E-state index in [1.165, 1.54) is 0 Å². The molecule has 0 spiro atoms. The molecule has 0 saturated carbocycles. The van der Waals surface area contributed by atoms with Crippen LogP contribution in [0.5, 0.6) is 0 Å². The van der Waals surface area contributed by atoms with Crippen LogP contribution in [-0.2, 0) is 9.16 Å². The van der Waals surface area contributed by atoms with Crippen LogP contribution in [-0.4, -0.2) is 34.4 Å². The lowest BCUT2D eigenvalue weighted by Crippen LogP contribution is -2.33.